The summed E-state index contributed by atoms with van der Waals surface area (Å²) in [6.45, 7) is 6.72. The van der Waals surface area contributed by atoms with Crippen LogP contribution in [-0.2, 0) is 0 Å². The average Bonchev–Trinajstić information content (AvgIpc) is 2.74. The van der Waals surface area contributed by atoms with Gasteiger partial charge in [-0.3, -0.25) is 4.98 Å². The van der Waals surface area contributed by atoms with E-state index < -0.39 is 0 Å². The van der Waals surface area contributed by atoms with Crippen LogP contribution >= 0.6 is 12.2 Å². The van der Waals surface area contributed by atoms with Crippen LogP contribution in [0.3, 0.4) is 0 Å². The highest BCUT2D eigenvalue weighted by molar-refractivity contribution is 7.71. The largest absolute Gasteiger partial charge is 0.329 e. The number of rotatable bonds is 3. The number of nitrogens with zero attached hydrogens (tertiary/aromatic N) is 2. The number of pyridine rings is 1. The molecular weight excluding hydrogens is 266 g/mol. The van der Waals surface area contributed by atoms with Gasteiger partial charge in [0, 0.05) is 11.4 Å². The molecule has 3 aromatic rings. The Kier molecular flexibility index (Phi) is 3.34. The van der Waals surface area contributed by atoms with Crippen molar-refractivity contribution >= 4 is 34.2 Å². The molecule has 0 aliphatic heterocycles. The van der Waals surface area contributed by atoms with Crippen LogP contribution in [0, 0.1) is 10.7 Å². The predicted molar refractivity (Wildman–Crippen MR) is 86.6 cm³/mol. The summed E-state index contributed by atoms with van der Waals surface area (Å²) >= 11 is 5.52. The first-order valence-electron chi connectivity index (χ1n) is 7.06. The molecule has 104 valence electrons. The lowest BCUT2D eigenvalue weighted by Gasteiger charge is -2.17. The second kappa shape index (κ2) is 5.02. The zero-order valence-corrected chi connectivity index (χ0v) is 12.9. The summed E-state index contributed by atoms with van der Waals surface area (Å²) in [5, 5.41) is 1.16. The van der Waals surface area contributed by atoms with Crippen molar-refractivity contribution in [2.75, 3.05) is 0 Å². The first-order chi connectivity index (χ1) is 9.58. The Labute approximate surface area is 123 Å². The Bertz CT molecular complexity index is 813. The number of H-pyrrole nitrogens is 1. The van der Waals surface area contributed by atoms with Gasteiger partial charge in [-0.1, -0.05) is 32.0 Å². The smallest absolute Gasteiger partial charge is 0.178 e. The maximum Gasteiger partial charge on any atom is 0.178 e. The van der Waals surface area contributed by atoms with E-state index in [2.05, 4.69) is 47.4 Å². The van der Waals surface area contributed by atoms with E-state index in [4.69, 9.17) is 12.2 Å². The van der Waals surface area contributed by atoms with Crippen molar-refractivity contribution in [3.8, 4) is 0 Å². The van der Waals surface area contributed by atoms with Crippen LogP contribution in [0.1, 0.15) is 33.2 Å². The van der Waals surface area contributed by atoms with E-state index in [0.717, 1.165) is 27.6 Å². The van der Waals surface area contributed by atoms with Gasteiger partial charge in [0.15, 0.2) is 4.77 Å². The molecule has 2 aromatic heterocycles. The highest BCUT2D eigenvalue weighted by Gasteiger charge is 2.15. The number of benzene rings is 1. The zero-order chi connectivity index (χ0) is 14.3. The summed E-state index contributed by atoms with van der Waals surface area (Å²) in [4.78, 5) is 7.78. The molecule has 0 fully saturated rings. The van der Waals surface area contributed by atoms with Crippen molar-refractivity contribution < 1.29 is 0 Å². The third kappa shape index (κ3) is 2.14. The van der Waals surface area contributed by atoms with Gasteiger partial charge in [-0.15, -0.1) is 0 Å². The first kappa shape index (κ1) is 13.3. The standard InChI is InChI=1S/C16H19N3S/c1-10(2)8-11(3)19-15-12-6-4-5-7-13(12)17-9-14(15)18-16(19)20/h4-7,9-11H,8H2,1-3H3,(H,18,20). The second-order valence-corrected chi connectivity index (χ2v) is 6.20. The molecular formula is C16H19N3S. The molecule has 1 unspecified atom stereocenters. The van der Waals surface area contributed by atoms with Crippen molar-refractivity contribution in [3.63, 3.8) is 0 Å². The Hall–Kier alpha value is -1.68. The highest BCUT2D eigenvalue weighted by atomic mass is 32.1. The molecule has 0 saturated carbocycles. The van der Waals surface area contributed by atoms with Gasteiger partial charge in [0.05, 0.1) is 22.7 Å². The molecule has 0 amide bonds. The summed E-state index contributed by atoms with van der Waals surface area (Å²) in [5.74, 6) is 0.643. The number of fused-ring (bicyclic) bond motifs is 3. The maximum atomic E-state index is 5.52. The number of hydrogen-bond acceptors (Lipinski definition) is 2. The average molecular weight is 285 g/mol. The molecule has 0 aliphatic carbocycles. The zero-order valence-electron chi connectivity index (χ0n) is 12.1. The normalized spacial score (nSPS) is 13.4. The summed E-state index contributed by atoms with van der Waals surface area (Å²) in [6, 6.07) is 8.61. The van der Waals surface area contributed by atoms with Gasteiger partial charge in [-0.2, -0.15) is 0 Å². The number of aromatic amines is 1. The number of aromatic nitrogens is 3. The van der Waals surface area contributed by atoms with Crippen molar-refractivity contribution in [3.05, 3.63) is 35.2 Å². The third-order valence-electron chi connectivity index (χ3n) is 3.70. The highest BCUT2D eigenvalue weighted by Crippen LogP contribution is 2.28. The predicted octanol–water partition coefficient (Wildman–Crippen LogP) is 4.85. The molecule has 0 aliphatic rings. The van der Waals surface area contributed by atoms with Crippen LogP contribution in [0.25, 0.3) is 21.9 Å². The van der Waals surface area contributed by atoms with Gasteiger partial charge < -0.3 is 9.55 Å². The molecule has 1 aromatic carbocycles. The van der Waals surface area contributed by atoms with Gasteiger partial charge >= 0.3 is 0 Å². The molecule has 2 heterocycles. The van der Waals surface area contributed by atoms with Crippen LogP contribution in [0.4, 0.5) is 0 Å². The van der Waals surface area contributed by atoms with Crippen LogP contribution in [-0.4, -0.2) is 14.5 Å². The Morgan fingerprint density at radius 2 is 2.00 bits per heavy atom. The van der Waals surface area contributed by atoms with E-state index in [9.17, 15) is 0 Å². The lowest BCUT2D eigenvalue weighted by atomic mass is 10.0. The third-order valence-corrected chi connectivity index (χ3v) is 4.00. The Morgan fingerprint density at radius 3 is 2.75 bits per heavy atom. The van der Waals surface area contributed by atoms with E-state index in [1.165, 1.54) is 5.52 Å². The van der Waals surface area contributed by atoms with E-state index in [1.54, 1.807) is 0 Å². The van der Waals surface area contributed by atoms with Crippen molar-refractivity contribution in [1.82, 2.24) is 14.5 Å². The summed E-state index contributed by atoms with van der Waals surface area (Å²) < 4.78 is 3.03. The second-order valence-electron chi connectivity index (χ2n) is 5.82. The van der Waals surface area contributed by atoms with Gasteiger partial charge in [0.2, 0.25) is 0 Å². The SMILES string of the molecule is CC(C)CC(C)n1c(=S)[nH]c2cnc3ccccc3c21. The summed E-state index contributed by atoms with van der Waals surface area (Å²) in [5.41, 5.74) is 3.21. The van der Waals surface area contributed by atoms with E-state index >= 15 is 0 Å². The van der Waals surface area contributed by atoms with E-state index in [1.807, 2.05) is 18.3 Å². The molecule has 0 radical (unpaired) electrons. The Balaban J connectivity index is 2.33. The lowest BCUT2D eigenvalue weighted by Crippen LogP contribution is -2.08. The minimum absolute atomic E-state index is 0.377. The molecule has 1 N–H and O–H groups in total. The van der Waals surface area contributed by atoms with Gasteiger partial charge in [-0.05, 0) is 37.5 Å². The van der Waals surface area contributed by atoms with Crippen molar-refractivity contribution in [1.29, 1.82) is 0 Å². The van der Waals surface area contributed by atoms with Crippen LogP contribution in [0.15, 0.2) is 30.5 Å². The van der Waals surface area contributed by atoms with Crippen LogP contribution in [0.2, 0.25) is 0 Å². The number of nitrogens with one attached hydrogen (secondary N) is 1. The summed E-state index contributed by atoms with van der Waals surface area (Å²) in [6.07, 6.45) is 2.99. The molecule has 0 bridgehead atoms. The summed E-state index contributed by atoms with van der Waals surface area (Å²) in [7, 11) is 0. The van der Waals surface area contributed by atoms with Gasteiger partial charge in [-0.25, -0.2) is 0 Å². The van der Waals surface area contributed by atoms with Crippen LogP contribution < -0.4 is 0 Å². The molecule has 0 saturated heterocycles. The quantitative estimate of drug-likeness (QED) is 0.698. The molecule has 0 spiro atoms. The van der Waals surface area contributed by atoms with E-state index in [-0.39, 0.29) is 0 Å². The molecule has 20 heavy (non-hydrogen) atoms. The number of para-hydroxylation sites is 1. The molecule has 1 atom stereocenters. The monoisotopic (exact) mass is 285 g/mol. The minimum atomic E-state index is 0.377. The number of hydrogen-bond donors (Lipinski definition) is 1. The van der Waals surface area contributed by atoms with Gasteiger partial charge in [0.1, 0.15) is 0 Å². The van der Waals surface area contributed by atoms with Crippen molar-refractivity contribution in [2.45, 2.75) is 33.2 Å². The number of imidazole rings is 1. The lowest BCUT2D eigenvalue weighted by molar-refractivity contribution is 0.433. The molecule has 4 heteroatoms. The fourth-order valence-electron chi connectivity index (χ4n) is 2.96. The van der Waals surface area contributed by atoms with Crippen molar-refractivity contribution in [2.24, 2.45) is 5.92 Å². The fourth-order valence-corrected chi connectivity index (χ4v) is 3.34. The van der Waals surface area contributed by atoms with Crippen LogP contribution in [0.5, 0.6) is 0 Å². The minimum Gasteiger partial charge on any atom is -0.329 e. The fraction of sp³-hybridized carbons (Fsp3) is 0.375. The first-order valence-corrected chi connectivity index (χ1v) is 7.46. The van der Waals surface area contributed by atoms with Gasteiger partial charge in [0.25, 0.3) is 0 Å². The maximum absolute atomic E-state index is 5.52. The molecule has 3 nitrogen and oxygen atoms in total. The molecule has 3 rings (SSSR count). The van der Waals surface area contributed by atoms with E-state index in [0.29, 0.717) is 12.0 Å². The topological polar surface area (TPSA) is 33.6 Å². The Morgan fingerprint density at radius 1 is 1.25 bits per heavy atom.